The van der Waals surface area contributed by atoms with Gasteiger partial charge in [-0.25, -0.2) is 12.4 Å². The van der Waals surface area contributed by atoms with Crippen LogP contribution in [-0.4, -0.2) is 49.5 Å². The molecule has 5 aromatic rings. The molecule has 182 valence electrons. The maximum absolute atomic E-state index is 13.7. The van der Waals surface area contributed by atoms with Crippen LogP contribution in [0.25, 0.3) is 33.3 Å². The van der Waals surface area contributed by atoms with Gasteiger partial charge in [0.2, 0.25) is 0 Å². The van der Waals surface area contributed by atoms with Gasteiger partial charge in [-0.15, -0.1) is 0 Å². The summed E-state index contributed by atoms with van der Waals surface area (Å²) >= 11 is 0. The molecular formula is C29H27N3O3S. The van der Waals surface area contributed by atoms with Gasteiger partial charge in [0.25, 0.3) is 10.0 Å². The summed E-state index contributed by atoms with van der Waals surface area (Å²) in [6, 6.07) is 27.7. The maximum atomic E-state index is 13.7. The average molecular weight is 498 g/mol. The van der Waals surface area contributed by atoms with Gasteiger partial charge in [0.1, 0.15) is 12.4 Å². The number of hydrogen-bond donors (Lipinski definition) is 0. The summed E-state index contributed by atoms with van der Waals surface area (Å²) in [6.07, 6.45) is 3.48. The zero-order chi connectivity index (χ0) is 25.1. The van der Waals surface area contributed by atoms with E-state index < -0.39 is 10.0 Å². The molecule has 0 aliphatic carbocycles. The maximum Gasteiger partial charge on any atom is 0.268 e. The van der Waals surface area contributed by atoms with Crippen molar-refractivity contribution in [3.05, 3.63) is 103 Å². The molecule has 3 aromatic carbocycles. The van der Waals surface area contributed by atoms with Crippen molar-refractivity contribution in [1.82, 2.24) is 13.9 Å². The molecule has 0 atom stereocenters. The highest BCUT2D eigenvalue weighted by atomic mass is 32.2. The highest BCUT2D eigenvalue weighted by molar-refractivity contribution is 7.90. The van der Waals surface area contributed by atoms with Crippen LogP contribution in [0, 0.1) is 0 Å². The van der Waals surface area contributed by atoms with E-state index in [0.717, 1.165) is 34.4 Å². The molecule has 0 saturated carbocycles. The lowest BCUT2D eigenvalue weighted by molar-refractivity contribution is 0.261. The smallest absolute Gasteiger partial charge is 0.268 e. The van der Waals surface area contributed by atoms with Crippen molar-refractivity contribution in [2.24, 2.45) is 0 Å². The van der Waals surface area contributed by atoms with Crippen molar-refractivity contribution in [2.75, 3.05) is 27.2 Å². The molecule has 0 fully saturated rings. The van der Waals surface area contributed by atoms with E-state index in [0.29, 0.717) is 17.8 Å². The van der Waals surface area contributed by atoms with Crippen LogP contribution in [0.15, 0.2) is 108 Å². The summed E-state index contributed by atoms with van der Waals surface area (Å²) in [7, 11) is 0.191. The number of pyridine rings is 1. The van der Waals surface area contributed by atoms with Crippen molar-refractivity contribution in [2.45, 2.75) is 4.90 Å². The summed E-state index contributed by atoms with van der Waals surface area (Å²) in [5.74, 6) is 0.804. The Labute approximate surface area is 211 Å². The van der Waals surface area contributed by atoms with Gasteiger partial charge in [0, 0.05) is 35.5 Å². The summed E-state index contributed by atoms with van der Waals surface area (Å²) in [5, 5.41) is 0.844. The van der Waals surface area contributed by atoms with Crippen molar-refractivity contribution in [1.29, 1.82) is 0 Å². The fourth-order valence-electron chi connectivity index (χ4n) is 4.12. The molecule has 0 bridgehead atoms. The quantitative estimate of drug-likeness (QED) is 0.281. The number of rotatable bonds is 8. The SMILES string of the molecule is CN(C)CCOc1ccc(-c2cncc(-c3cc4ccccc4n3S(=O)(=O)c3ccccc3)c2)cc1. The third-order valence-corrected chi connectivity index (χ3v) is 7.72. The number of nitrogens with zero attached hydrogens (tertiary/aromatic N) is 3. The Morgan fingerprint density at radius 2 is 1.50 bits per heavy atom. The Balaban J connectivity index is 1.55. The van der Waals surface area contributed by atoms with Crippen LogP contribution in [-0.2, 0) is 10.0 Å². The molecule has 6 nitrogen and oxygen atoms in total. The van der Waals surface area contributed by atoms with Gasteiger partial charge < -0.3 is 9.64 Å². The zero-order valence-corrected chi connectivity index (χ0v) is 21.0. The normalized spacial score (nSPS) is 11.8. The largest absolute Gasteiger partial charge is 0.492 e. The third-order valence-electron chi connectivity index (χ3n) is 5.98. The highest BCUT2D eigenvalue weighted by Crippen LogP contribution is 2.34. The Hall–Kier alpha value is -3.94. The van der Waals surface area contributed by atoms with Crippen LogP contribution in [0.4, 0.5) is 0 Å². The monoisotopic (exact) mass is 497 g/mol. The number of hydrogen-bond acceptors (Lipinski definition) is 5. The van der Waals surface area contributed by atoms with Crippen molar-refractivity contribution >= 4 is 20.9 Å². The van der Waals surface area contributed by atoms with Crippen LogP contribution < -0.4 is 4.74 Å². The molecule has 2 heterocycles. The van der Waals surface area contributed by atoms with Gasteiger partial charge in [-0.1, -0.05) is 48.5 Å². The second kappa shape index (κ2) is 9.97. The highest BCUT2D eigenvalue weighted by Gasteiger charge is 2.24. The summed E-state index contributed by atoms with van der Waals surface area (Å²) in [6.45, 7) is 1.46. The van der Waals surface area contributed by atoms with Crippen molar-refractivity contribution < 1.29 is 13.2 Å². The van der Waals surface area contributed by atoms with Crippen molar-refractivity contribution in [3.63, 3.8) is 0 Å². The van der Waals surface area contributed by atoms with E-state index in [2.05, 4.69) is 9.88 Å². The first-order valence-corrected chi connectivity index (χ1v) is 13.1. The Morgan fingerprint density at radius 1 is 0.806 bits per heavy atom. The fraction of sp³-hybridized carbons (Fsp3) is 0.138. The fourth-order valence-corrected chi connectivity index (χ4v) is 5.67. The standard InChI is InChI=1S/C29H27N3O3S/c1-31(2)16-17-35-26-14-12-22(13-15-26)24-18-25(21-30-20-24)29-19-23-8-6-7-11-28(23)32(29)36(33,34)27-9-4-3-5-10-27/h3-15,18-21H,16-17H2,1-2H3. The first-order valence-electron chi connectivity index (χ1n) is 11.7. The van der Waals surface area contributed by atoms with Crippen LogP contribution in [0.3, 0.4) is 0 Å². The Bertz CT molecular complexity index is 1590. The lowest BCUT2D eigenvalue weighted by Gasteiger charge is -2.13. The number of fused-ring (bicyclic) bond motifs is 1. The molecular weight excluding hydrogens is 470 g/mol. The molecule has 0 aliphatic heterocycles. The van der Waals surface area contributed by atoms with E-state index >= 15 is 0 Å². The zero-order valence-electron chi connectivity index (χ0n) is 20.2. The molecule has 0 spiro atoms. The lowest BCUT2D eigenvalue weighted by Crippen LogP contribution is -2.19. The van der Waals surface area contributed by atoms with Gasteiger partial charge in [-0.3, -0.25) is 4.98 Å². The van der Waals surface area contributed by atoms with Gasteiger partial charge >= 0.3 is 0 Å². The van der Waals surface area contributed by atoms with Crippen LogP contribution in [0.5, 0.6) is 5.75 Å². The Morgan fingerprint density at radius 3 is 2.25 bits per heavy atom. The molecule has 0 saturated heterocycles. The van der Waals surface area contributed by atoms with Crippen LogP contribution >= 0.6 is 0 Å². The Kier molecular flexibility index (Phi) is 6.59. The second-order valence-corrected chi connectivity index (χ2v) is 10.6. The molecule has 0 aliphatic rings. The molecule has 2 aromatic heterocycles. The van der Waals surface area contributed by atoms with Gasteiger partial charge in [0.05, 0.1) is 16.1 Å². The van der Waals surface area contributed by atoms with Crippen molar-refractivity contribution in [3.8, 4) is 28.1 Å². The first kappa shape index (κ1) is 23.8. The molecule has 0 N–H and O–H groups in total. The molecule has 5 rings (SSSR count). The van der Waals surface area contributed by atoms with Gasteiger partial charge in [-0.05, 0) is 62.1 Å². The number of aromatic nitrogens is 2. The topological polar surface area (TPSA) is 64.4 Å². The number of benzene rings is 3. The van der Waals surface area contributed by atoms with E-state index in [4.69, 9.17) is 4.74 Å². The van der Waals surface area contributed by atoms with E-state index in [1.807, 2.05) is 74.8 Å². The number of para-hydroxylation sites is 1. The molecule has 0 radical (unpaired) electrons. The average Bonchev–Trinajstić information content (AvgIpc) is 3.30. The van der Waals surface area contributed by atoms with Crippen LogP contribution in [0.2, 0.25) is 0 Å². The van der Waals surface area contributed by atoms with Gasteiger partial charge in [0.15, 0.2) is 0 Å². The minimum atomic E-state index is -3.83. The predicted octanol–water partition coefficient (Wildman–Crippen LogP) is 5.55. The van der Waals surface area contributed by atoms with E-state index in [-0.39, 0.29) is 4.90 Å². The molecule has 0 amide bonds. The summed E-state index contributed by atoms with van der Waals surface area (Å²) < 4.78 is 34.7. The molecule has 36 heavy (non-hydrogen) atoms. The lowest BCUT2D eigenvalue weighted by atomic mass is 10.0. The van der Waals surface area contributed by atoms with Gasteiger partial charge in [-0.2, -0.15) is 0 Å². The molecule has 0 unspecified atom stereocenters. The molecule has 7 heteroatoms. The number of likely N-dealkylation sites (N-methyl/N-ethyl adjacent to an activating group) is 1. The van der Waals surface area contributed by atoms with Crippen LogP contribution in [0.1, 0.15) is 0 Å². The third kappa shape index (κ3) is 4.76. The number of ether oxygens (including phenoxy) is 1. The predicted molar refractivity (Wildman–Crippen MR) is 144 cm³/mol. The summed E-state index contributed by atoms with van der Waals surface area (Å²) in [4.78, 5) is 6.76. The minimum Gasteiger partial charge on any atom is -0.492 e. The van der Waals surface area contributed by atoms with E-state index in [9.17, 15) is 8.42 Å². The van der Waals surface area contributed by atoms with E-state index in [1.165, 1.54) is 3.97 Å². The minimum absolute atomic E-state index is 0.238. The summed E-state index contributed by atoms with van der Waals surface area (Å²) in [5.41, 5.74) is 3.77. The second-order valence-electron chi connectivity index (χ2n) is 8.81. The van der Waals surface area contributed by atoms with E-state index in [1.54, 1.807) is 42.7 Å². The first-order chi connectivity index (χ1) is 17.4.